The van der Waals surface area contributed by atoms with Crippen LogP contribution in [0.2, 0.25) is 0 Å². The van der Waals surface area contributed by atoms with E-state index in [0.29, 0.717) is 12.7 Å². The minimum Gasteiger partial charge on any atom is -0.377 e. The smallest absolute Gasteiger partial charge is 0.107 e. The van der Waals surface area contributed by atoms with E-state index in [1.807, 2.05) is 30.6 Å². The Balaban J connectivity index is 1.40. The van der Waals surface area contributed by atoms with Gasteiger partial charge in [-0.1, -0.05) is 6.07 Å². The third kappa shape index (κ3) is 4.08. The summed E-state index contributed by atoms with van der Waals surface area (Å²) >= 11 is 1.74. The van der Waals surface area contributed by atoms with Crippen molar-refractivity contribution in [3.05, 3.63) is 46.7 Å². The molecule has 0 aliphatic carbocycles. The molecular formula is C19H25N3O2S. The van der Waals surface area contributed by atoms with Crippen molar-refractivity contribution in [3.8, 4) is 0 Å². The van der Waals surface area contributed by atoms with Gasteiger partial charge in [-0.3, -0.25) is 9.88 Å². The second-order valence-corrected chi connectivity index (χ2v) is 8.04. The highest BCUT2D eigenvalue weighted by atomic mass is 32.1. The first-order valence-electron chi connectivity index (χ1n) is 9.04. The fourth-order valence-corrected chi connectivity index (χ4v) is 4.75. The van der Waals surface area contributed by atoms with Gasteiger partial charge in [0, 0.05) is 42.9 Å². The number of hydrogen-bond acceptors (Lipinski definition) is 6. The molecule has 2 saturated heterocycles. The molecule has 0 aromatic carbocycles. The zero-order valence-electron chi connectivity index (χ0n) is 14.5. The average Bonchev–Trinajstić information content (AvgIpc) is 3.15. The summed E-state index contributed by atoms with van der Waals surface area (Å²) < 4.78 is 12.3. The van der Waals surface area contributed by atoms with Crippen molar-refractivity contribution in [2.24, 2.45) is 5.41 Å². The van der Waals surface area contributed by atoms with E-state index in [1.54, 1.807) is 11.3 Å². The molecule has 0 bridgehead atoms. The summed E-state index contributed by atoms with van der Waals surface area (Å²) in [4.78, 5) is 11.3. The molecule has 0 amide bonds. The Bertz CT molecular complexity index is 652. The largest absolute Gasteiger partial charge is 0.377 e. The van der Waals surface area contributed by atoms with Crippen molar-refractivity contribution in [1.82, 2.24) is 14.9 Å². The van der Waals surface area contributed by atoms with Crippen LogP contribution in [0, 0.1) is 5.41 Å². The van der Waals surface area contributed by atoms with Gasteiger partial charge in [-0.25, -0.2) is 4.98 Å². The highest BCUT2D eigenvalue weighted by Crippen LogP contribution is 2.41. The second-order valence-electron chi connectivity index (χ2n) is 7.06. The number of aromatic nitrogens is 2. The molecule has 2 unspecified atom stereocenters. The summed E-state index contributed by atoms with van der Waals surface area (Å²) in [6.07, 6.45) is 7.40. The molecule has 4 heterocycles. The van der Waals surface area contributed by atoms with Gasteiger partial charge in [0.15, 0.2) is 0 Å². The van der Waals surface area contributed by atoms with Crippen LogP contribution in [-0.4, -0.2) is 47.3 Å². The maximum atomic E-state index is 6.14. The molecule has 4 rings (SSSR count). The minimum atomic E-state index is 0.0997. The van der Waals surface area contributed by atoms with Gasteiger partial charge in [0.1, 0.15) is 5.01 Å². The van der Waals surface area contributed by atoms with Gasteiger partial charge in [0.25, 0.3) is 0 Å². The minimum absolute atomic E-state index is 0.0997. The summed E-state index contributed by atoms with van der Waals surface area (Å²) in [5.41, 5.74) is 1.09. The summed E-state index contributed by atoms with van der Waals surface area (Å²) in [6.45, 7) is 5.24. The maximum absolute atomic E-state index is 6.14. The summed E-state index contributed by atoms with van der Waals surface area (Å²) in [5, 5.41) is 3.25. The van der Waals surface area contributed by atoms with Crippen LogP contribution in [0.3, 0.4) is 0 Å². The van der Waals surface area contributed by atoms with Crippen molar-refractivity contribution in [1.29, 1.82) is 0 Å². The first-order valence-corrected chi connectivity index (χ1v) is 9.92. The molecule has 0 saturated carbocycles. The van der Waals surface area contributed by atoms with E-state index in [0.717, 1.165) is 51.4 Å². The van der Waals surface area contributed by atoms with Crippen LogP contribution in [-0.2, 0) is 22.6 Å². The number of thiazole rings is 1. The predicted molar refractivity (Wildman–Crippen MR) is 97.3 cm³/mol. The van der Waals surface area contributed by atoms with Crippen LogP contribution in [0.15, 0.2) is 36.0 Å². The molecule has 2 aliphatic heterocycles. The van der Waals surface area contributed by atoms with E-state index in [9.17, 15) is 0 Å². The maximum Gasteiger partial charge on any atom is 0.107 e. The molecule has 2 atom stereocenters. The zero-order valence-corrected chi connectivity index (χ0v) is 15.3. The van der Waals surface area contributed by atoms with Gasteiger partial charge >= 0.3 is 0 Å². The molecule has 2 aliphatic rings. The van der Waals surface area contributed by atoms with Crippen molar-refractivity contribution in [3.63, 3.8) is 0 Å². The van der Waals surface area contributed by atoms with Crippen LogP contribution >= 0.6 is 11.3 Å². The van der Waals surface area contributed by atoms with Gasteiger partial charge in [-0.15, -0.1) is 11.3 Å². The second kappa shape index (κ2) is 7.91. The van der Waals surface area contributed by atoms with Crippen LogP contribution in [0.1, 0.15) is 30.0 Å². The Hall–Kier alpha value is -1.34. The molecule has 2 aromatic heterocycles. The van der Waals surface area contributed by atoms with Crippen molar-refractivity contribution < 1.29 is 9.47 Å². The number of likely N-dealkylation sites (tertiary alicyclic amines) is 1. The van der Waals surface area contributed by atoms with Crippen LogP contribution in [0.4, 0.5) is 0 Å². The van der Waals surface area contributed by atoms with E-state index in [4.69, 9.17) is 9.47 Å². The molecule has 0 spiro atoms. The standard InChI is InChI=1S/C19H25N3O2S/c1-2-7-20-16(4-1)13-23-15-19-6-3-10-24-17(19)5-9-22(14-19)12-18-21-8-11-25-18/h1-2,4,7-8,11,17H,3,5-6,9-10,12-15H2. The molecule has 25 heavy (non-hydrogen) atoms. The van der Waals surface area contributed by atoms with Gasteiger partial charge in [0.05, 0.1) is 31.6 Å². The summed E-state index contributed by atoms with van der Waals surface area (Å²) in [5.74, 6) is 0. The predicted octanol–water partition coefficient (Wildman–Crippen LogP) is 3.13. The van der Waals surface area contributed by atoms with Gasteiger partial charge < -0.3 is 9.47 Å². The van der Waals surface area contributed by atoms with E-state index >= 15 is 0 Å². The molecule has 2 fully saturated rings. The van der Waals surface area contributed by atoms with E-state index in [-0.39, 0.29) is 5.41 Å². The number of ether oxygens (including phenoxy) is 2. The lowest BCUT2D eigenvalue weighted by molar-refractivity contribution is -0.156. The van der Waals surface area contributed by atoms with Crippen molar-refractivity contribution in [2.45, 2.75) is 38.5 Å². The Kier molecular flexibility index (Phi) is 5.41. The average molecular weight is 359 g/mol. The summed E-state index contributed by atoms with van der Waals surface area (Å²) in [6, 6.07) is 5.96. The molecule has 0 N–H and O–H groups in total. The molecule has 2 aromatic rings. The first-order chi connectivity index (χ1) is 12.3. The van der Waals surface area contributed by atoms with E-state index in [1.165, 1.54) is 11.4 Å². The van der Waals surface area contributed by atoms with Crippen LogP contribution in [0.5, 0.6) is 0 Å². The molecular weight excluding hydrogens is 334 g/mol. The normalized spacial score (nSPS) is 27.1. The number of nitrogens with zero attached hydrogens (tertiary/aromatic N) is 3. The topological polar surface area (TPSA) is 47.5 Å². The van der Waals surface area contributed by atoms with E-state index < -0.39 is 0 Å². The molecule has 5 nitrogen and oxygen atoms in total. The number of hydrogen-bond donors (Lipinski definition) is 0. The Morgan fingerprint density at radius 1 is 1.32 bits per heavy atom. The number of rotatable bonds is 6. The third-order valence-electron chi connectivity index (χ3n) is 5.28. The van der Waals surface area contributed by atoms with Crippen LogP contribution in [0.25, 0.3) is 0 Å². The first kappa shape index (κ1) is 17.1. The van der Waals surface area contributed by atoms with Gasteiger partial charge in [-0.05, 0) is 31.4 Å². The molecule has 6 heteroatoms. The van der Waals surface area contributed by atoms with Gasteiger partial charge in [-0.2, -0.15) is 0 Å². The number of piperidine rings is 1. The fraction of sp³-hybridized carbons (Fsp3) is 0.579. The quantitative estimate of drug-likeness (QED) is 0.793. The van der Waals surface area contributed by atoms with E-state index in [2.05, 4.69) is 20.2 Å². The summed E-state index contributed by atoms with van der Waals surface area (Å²) in [7, 11) is 0. The molecule has 134 valence electrons. The highest BCUT2D eigenvalue weighted by molar-refractivity contribution is 7.09. The lowest BCUT2D eigenvalue weighted by Crippen LogP contribution is -2.56. The Morgan fingerprint density at radius 3 is 3.16 bits per heavy atom. The zero-order chi connectivity index (χ0) is 17.0. The lowest BCUT2D eigenvalue weighted by Gasteiger charge is -2.50. The monoisotopic (exact) mass is 359 g/mol. The fourth-order valence-electron chi connectivity index (χ4n) is 4.09. The van der Waals surface area contributed by atoms with Crippen molar-refractivity contribution in [2.75, 3.05) is 26.3 Å². The van der Waals surface area contributed by atoms with Crippen molar-refractivity contribution >= 4 is 11.3 Å². The number of pyridine rings is 1. The Morgan fingerprint density at radius 2 is 2.32 bits per heavy atom. The number of fused-ring (bicyclic) bond motifs is 1. The highest BCUT2D eigenvalue weighted by Gasteiger charge is 2.46. The molecule has 0 radical (unpaired) electrons. The Labute approximate surface area is 153 Å². The third-order valence-corrected chi connectivity index (χ3v) is 6.04. The lowest BCUT2D eigenvalue weighted by atomic mass is 9.73. The SMILES string of the molecule is c1ccc(COCC23CCCOC2CCN(Cc2nccs2)C3)nc1. The van der Waals surface area contributed by atoms with Crippen LogP contribution < -0.4 is 0 Å². The van der Waals surface area contributed by atoms with Gasteiger partial charge in [0.2, 0.25) is 0 Å².